The van der Waals surface area contributed by atoms with Crippen LogP contribution in [0.4, 0.5) is 0 Å². The van der Waals surface area contributed by atoms with Crippen molar-refractivity contribution in [2.24, 2.45) is 39.9 Å². The van der Waals surface area contributed by atoms with E-state index in [9.17, 15) is 33.6 Å². The highest BCUT2D eigenvalue weighted by molar-refractivity contribution is 6.38. The SMILES string of the molecule is CCCC(NC(=O)[C@@H]1[C@H]2CCC[C@H]2CN1C(=O)[C@@H](NC(=O)[C@H](NC(=O)CCCCC(=N)N=NN)C(C)C)C(C)C)C(=O)C(=O)NCC(=O)O. The summed E-state index contributed by atoms with van der Waals surface area (Å²) in [6, 6.07) is -4.09. The Balaban J connectivity index is 2.19. The number of fused-ring (bicyclic) bond motifs is 1. The summed E-state index contributed by atoms with van der Waals surface area (Å²) in [6.07, 6.45) is 4.33. The molecule has 2 aliphatic rings. The normalized spacial score (nSPS) is 20.4. The maximum absolute atomic E-state index is 14.2. The lowest BCUT2D eigenvalue weighted by atomic mass is 9.92. The van der Waals surface area contributed by atoms with Gasteiger partial charge in [-0.15, -0.1) is 5.11 Å². The zero-order chi connectivity index (χ0) is 36.8. The van der Waals surface area contributed by atoms with Crippen molar-refractivity contribution in [1.29, 1.82) is 5.41 Å². The van der Waals surface area contributed by atoms with E-state index >= 15 is 0 Å². The lowest BCUT2D eigenvalue weighted by molar-refractivity contribution is -0.145. The second kappa shape index (κ2) is 19.5. The zero-order valence-corrected chi connectivity index (χ0v) is 29.1. The number of hydrogen-bond acceptors (Lipinski definition) is 9. The molecule has 8 N–H and O–H groups in total. The summed E-state index contributed by atoms with van der Waals surface area (Å²) in [5.74, 6) is -1.21. The van der Waals surface area contributed by atoms with E-state index < -0.39 is 66.1 Å². The molecule has 6 atom stereocenters. The molecule has 0 bridgehead atoms. The maximum Gasteiger partial charge on any atom is 0.322 e. The van der Waals surface area contributed by atoms with Gasteiger partial charge in [0.05, 0.1) is 6.04 Å². The van der Waals surface area contributed by atoms with Gasteiger partial charge in [0.1, 0.15) is 30.5 Å². The number of carboxylic acid groups (broad SMARTS) is 1. The number of ketones is 1. The van der Waals surface area contributed by atoms with Crippen LogP contribution in [0.1, 0.15) is 92.4 Å². The number of carboxylic acids is 1. The molecule has 0 radical (unpaired) electrons. The number of amidine groups is 1. The second-order valence-corrected chi connectivity index (χ2v) is 13.5. The van der Waals surface area contributed by atoms with E-state index in [1.54, 1.807) is 34.6 Å². The monoisotopic (exact) mass is 691 g/mol. The standard InChI is InChI=1S/C32H53N9O8/c1-6-10-21(28(45)31(48)35-15-24(43)44)36-30(47)27-20-12-9-11-19(20)16-41(27)32(49)26(18(4)5)38-29(46)25(17(2)3)37-23(42)14-8-7-13-22(33)39-40-34/h17-21,25-27H,6-16H2,1-5H3,(H,35,48)(H,36,47)(H,37,42)(H,38,46)(H,43,44)(H3,33,34,39)/t19-,20-,21?,25+,26-,27-/m0/s1. The van der Waals surface area contributed by atoms with Crippen LogP contribution in [0.3, 0.4) is 0 Å². The molecule has 49 heavy (non-hydrogen) atoms. The topological polar surface area (TPSA) is 266 Å². The summed E-state index contributed by atoms with van der Waals surface area (Å²) in [5, 5.41) is 33.2. The number of unbranched alkanes of at least 4 members (excludes halogenated alkanes) is 1. The summed E-state index contributed by atoms with van der Waals surface area (Å²) in [5.41, 5.74) is 0. The number of amides is 5. The smallest absolute Gasteiger partial charge is 0.322 e. The molecule has 1 unspecified atom stereocenters. The van der Waals surface area contributed by atoms with Crippen LogP contribution in [0.25, 0.3) is 0 Å². The van der Waals surface area contributed by atoms with Gasteiger partial charge in [0.2, 0.25) is 29.4 Å². The first kappa shape index (κ1) is 40.7. The number of carbonyl (C=O) groups excluding carboxylic acids is 6. The number of aliphatic carboxylic acids is 1. The molecular formula is C32H53N9O8. The molecule has 2 fully saturated rings. The van der Waals surface area contributed by atoms with Crippen LogP contribution >= 0.6 is 0 Å². The predicted molar refractivity (Wildman–Crippen MR) is 178 cm³/mol. The Kier molecular flexibility index (Phi) is 16.2. The van der Waals surface area contributed by atoms with Gasteiger partial charge in [-0.25, -0.2) is 0 Å². The molecular weight excluding hydrogens is 638 g/mol. The Morgan fingerprint density at radius 2 is 1.59 bits per heavy atom. The van der Waals surface area contributed by atoms with Crippen molar-refractivity contribution in [2.75, 3.05) is 13.1 Å². The van der Waals surface area contributed by atoms with Gasteiger partial charge in [-0.1, -0.05) is 52.7 Å². The molecule has 0 aromatic carbocycles. The molecule has 0 spiro atoms. The number of hydrogen-bond donors (Lipinski definition) is 7. The van der Waals surface area contributed by atoms with Gasteiger partial charge in [0, 0.05) is 19.4 Å². The van der Waals surface area contributed by atoms with E-state index in [0.717, 1.165) is 12.8 Å². The summed E-state index contributed by atoms with van der Waals surface area (Å²) in [6.45, 7) is 8.40. The first-order valence-corrected chi connectivity index (χ1v) is 17.1. The van der Waals surface area contributed by atoms with E-state index in [1.165, 1.54) is 4.90 Å². The van der Waals surface area contributed by atoms with Gasteiger partial charge in [0.15, 0.2) is 0 Å². The molecule has 2 rings (SSSR count). The third-order valence-electron chi connectivity index (χ3n) is 9.02. The molecule has 17 nitrogen and oxygen atoms in total. The van der Waals surface area contributed by atoms with Crippen molar-refractivity contribution in [3.8, 4) is 0 Å². The van der Waals surface area contributed by atoms with Crippen molar-refractivity contribution >= 4 is 47.1 Å². The van der Waals surface area contributed by atoms with Gasteiger partial charge < -0.3 is 37.1 Å². The van der Waals surface area contributed by atoms with Crippen LogP contribution in [-0.2, 0) is 33.6 Å². The molecule has 1 saturated carbocycles. The van der Waals surface area contributed by atoms with Gasteiger partial charge in [-0.2, -0.15) is 0 Å². The molecule has 1 aliphatic heterocycles. The number of nitrogens with one attached hydrogen (secondary N) is 5. The first-order chi connectivity index (χ1) is 23.1. The fourth-order valence-electron chi connectivity index (χ4n) is 6.50. The molecule has 0 aromatic heterocycles. The second-order valence-electron chi connectivity index (χ2n) is 13.5. The molecule has 1 heterocycles. The number of nitrogens with two attached hydrogens (primary N) is 1. The Morgan fingerprint density at radius 1 is 0.939 bits per heavy atom. The van der Waals surface area contributed by atoms with Gasteiger partial charge in [-0.3, -0.25) is 39.0 Å². The van der Waals surface area contributed by atoms with Crippen molar-refractivity contribution < 1.29 is 38.7 Å². The summed E-state index contributed by atoms with van der Waals surface area (Å²) < 4.78 is 0. The summed E-state index contributed by atoms with van der Waals surface area (Å²) in [7, 11) is 0. The summed E-state index contributed by atoms with van der Waals surface area (Å²) >= 11 is 0. The highest BCUT2D eigenvalue weighted by Crippen LogP contribution is 2.42. The lowest BCUT2D eigenvalue weighted by Gasteiger charge is -2.34. The molecule has 1 saturated heterocycles. The number of Topliss-reactive ketones (excluding diaryl/α,β-unsaturated/α-hetero) is 1. The van der Waals surface area contributed by atoms with Gasteiger partial charge >= 0.3 is 5.97 Å². The van der Waals surface area contributed by atoms with E-state index in [1.807, 2.05) is 5.32 Å². The third-order valence-corrected chi connectivity index (χ3v) is 9.02. The van der Waals surface area contributed by atoms with Crippen LogP contribution < -0.4 is 27.1 Å². The average Bonchev–Trinajstić information content (AvgIpc) is 3.64. The minimum atomic E-state index is -1.32. The molecule has 274 valence electrons. The third kappa shape index (κ3) is 11.9. The summed E-state index contributed by atoms with van der Waals surface area (Å²) in [4.78, 5) is 91.9. The minimum absolute atomic E-state index is 0.00254. The maximum atomic E-state index is 14.2. The molecule has 17 heteroatoms. The highest BCUT2D eigenvalue weighted by atomic mass is 16.4. The van der Waals surface area contributed by atoms with Gasteiger partial charge in [0.25, 0.3) is 5.91 Å². The van der Waals surface area contributed by atoms with Crippen molar-refractivity contribution in [2.45, 2.75) is 117 Å². The quantitative estimate of drug-likeness (QED) is 0.0192. The predicted octanol–water partition coefficient (Wildman–Crippen LogP) is 0.813. The van der Waals surface area contributed by atoms with Gasteiger partial charge in [-0.05, 0) is 55.8 Å². The van der Waals surface area contributed by atoms with Crippen molar-refractivity contribution in [3.05, 3.63) is 0 Å². The van der Waals surface area contributed by atoms with E-state index in [4.69, 9.17) is 16.4 Å². The number of rotatable bonds is 19. The van der Waals surface area contributed by atoms with Crippen LogP contribution in [0.15, 0.2) is 10.3 Å². The fraction of sp³-hybridized carbons (Fsp3) is 0.750. The Labute approximate surface area is 286 Å². The number of nitrogens with zero attached hydrogens (tertiary/aromatic N) is 3. The zero-order valence-electron chi connectivity index (χ0n) is 29.1. The number of likely N-dealkylation sites (tertiary alicyclic amines) is 1. The van der Waals surface area contributed by atoms with Crippen LogP contribution in [0, 0.1) is 29.1 Å². The highest BCUT2D eigenvalue weighted by Gasteiger charge is 2.51. The molecule has 0 aromatic rings. The first-order valence-electron chi connectivity index (χ1n) is 17.1. The Bertz CT molecular complexity index is 1270. The minimum Gasteiger partial charge on any atom is -0.480 e. The molecule has 1 aliphatic carbocycles. The Morgan fingerprint density at radius 3 is 2.18 bits per heavy atom. The van der Waals surface area contributed by atoms with E-state index in [2.05, 4.69) is 26.3 Å². The van der Waals surface area contributed by atoms with Crippen LogP contribution in [0.2, 0.25) is 0 Å². The molecule has 5 amide bonds. The lowest BCUT2D eigenvalue weighted by Crippen LogP contribution is -2.60. The van der Waals surface area contributed by atoms with Crippen LogP contribution in [0.5, 0.6) is 0 Å². The van der Waals surface area contributed by atoms with E-state index in [-0.39, 0.29) is 48.3 Å². The fourth-order valence-corrected chi connectivity index (χ4v) is 6.50. The average molecular weight is 692 g/mol. The van der Waals surface area contributed by atoms with Crippen LogP contribution in [-0.4, -0.2) is 94.4 Å². The largest absolute Gasteiger partial charge is 0.480 e. The van der Waals surface area contributed by atoms with E-state index in [0.29, 0.717) is 38.6 Å². The number of carbonyl (C=O) groups is 7. The van der Waals surface area contributed by atoms with Crippen molar-refractivity contribution in [1.82, 2.24) is 26.2 Å². The van der Waals surface area contributed by atoms with Crippen molar-refractivity contribution in [3.63, 3.8) is 0 Å². The Hall–Kier alpha value is -4.44.